The molecule has 0 radical (unpaired) electrons. The van der Waals surface area contributed by atoms with Gasteiger partial charge in [0.25, 0.3) is 11.8 Å². The fourth-order valence-corrected chi connectivity index (χ4v) is 3.80. The molecule has 6 heteroatoms. The first-order chi connectivity index (χ1) is 16.5. The molecule has 1 aliphatic rings. The summed E-state index contributed by atoms with van der Waals surface area (Å²) in [5, 5.41) is 10.7. The van der Waals surface area contributed by atoms with Gasteiger partial charge in [0.1, 0.15) is 5.69 Å². The Hall–Kier alpha value is -4.19. The highest BCUT2D eigenvalue weighted by Crippen LogP contribution is 2.25. The van der Waals surface area contributed by atoms with Crippen LogP contribution >= 0.6 is 0 Å². The normalized spacial score (nSPS) is 12.9. The number of aromatic nitrogens is 2. The zero-order chi connectivity index (χ0) is 23.5. The van der Waals surface area contributed by atoms with Crippen molar-refractivity contribution in [2.24, 2.45) is 0 Å². The third-order valence-corrected chi connectivity index (χ3v) is 5.81. The highest BCUT2D eigenvalue weighted by molar-refractivity contribution is 6.08. The summed E-state index contributed by atoms with van der Waals surface area (Å²) in [6.07, 6.45) is 3.83. The van der Waals surface area contributed by atoms with Crippen LogP contribution in [0.25, 0.3) is 11.3 Å². The summed E-state index contributed by atoms with van der Waals surface area (Å²) in [7, 11) is 0. The van der Waals surface area contributed by atoms with Crippen LogP contribution in [0.3, 0.4) is 0 Å². The minimum atomic E-state index is -0.269. The van der Waals surface area contributed by atoms with E-state index < -0.39 is 0 Å². The van der Waals surface area contributed by atoms with Gasteiger partial charge in [-0.3, -0.25) is 14.3 Å². The molecule has 4 aromatic rings. The van der Waals surface area contributed by atoms with Gasteiger partial charge >= 0.3 is 0 Å². The predicted molar refractivity (Wildman–Crippen MR) is 133 cm³/mol. The van der Waals surface area contributed by atoms with Crippen LogP contribution < -0.4 is 10.6 Å². The molecule has 3 aromatic carbocycles. The summed E-state index contributed by atoms with van der Waals surface area (Å²) in [5.74, 6) is -0.385. The number of hydrogen-bond acceptors (Lipinski definition) is 3. The van der Waals surface area contributed by atoms with Gasteiger partial charge in [-0.05, 0) is 43.5 Å². The Morgan fingerprint density at radius 2 is 1.71 bits per heavy atom. The predicted octanol–water partition coefficient (Wildman–Crippen LogP) is 5.05. The van der Waals surface area contributed by atoms with Gasteiger partial charge in [-0.2, -0.15) is 5.10 Å². The minimum Gasteiger partial charge on any atom is -0.349 e. The lowest BCUT2D eigenvalue weighted by atomic mass is 10.1. The highest BCUT2D eigenvalue weighted by Gasteiger charge is 2.24. The molecule has 1 aromatic heterocycles. The summed E-state index contributed by atoms with van der Waals surface area (Å²) in [4.78, 5) is 25.8. The standard InChI is InChI=1S/C28H26N4O2/c1-19-10-12-21(13-11-19)26-25(18-32(31-26)17-20-6-3-2-4-7-20)28(34)30-24-9-5-8-22(16-24)27(33)29-23-14-15-23/h2-13,16,18,23H,14-15,17H2,1H3,(H,29,33)(H,30,34). The zero-order valence-corrected chi connectivity index (χ0v) is 19.0. The van der Waals surface area contributed by atoms with Gasteiger partial charge in [0.05, 0.1) is 12.1 Å². The van der Waals surface area contributed by atoms with Crippen LogP contribution in [0.15, 0.2) is 85.1 Å². The van der Waals surface area contributed by atoms with Crippen molar-refractivity contribution in [3.63, 3.8) is 0 Å². The molecular weight excluding hydrogens is 424 g/mol. The van der Waals surface area contributed by atoms with Crippen molar-refractivity contribution in [1.29, 1.82) is 0 Å². The van der Waals surface area contributed by atoms with Crippen molar-refractivity contribution in [2.45, 2.75) is 32.4 Å². The van der Waals surface area contributed by atoms with E-state index >= 15 is 0 Å². The fraction of sp³-hybridized carbons (Fsp3) is 0.179. The Kier molecular flexibility index (Phi) is 5.95. The Morgan fingerprint density at radius 1 is 0.941 bits per heavy atom. The average Bonchev–Trinajstić information content (AvgIpc) is 3.56. The first-order valence-corrected chi connectivity index (χ1v) is 11.5. The molecular formula is C28H26N4O2. The lowest BCUT2D eigenvalue weighted by Gasteiger charge is -2.08. The van der Waals surface area contributed by atoms with Crippen molar-refractivity contribution in [3.05, 3.63) is 107 Å². The molecule has 2 N–H and O–H groups in total. The molecule has 2 amide bonds. The van der Waals surface area contributed by atoms with Crippen LogP contribution in [0.4, 0.5) is 5.69 Å². The zero-order valence-electron chi connectivity index (χ0n) is 19.0. The molecule has 5 rings (SSSR count). The molecule has 0 aliphatic heterocycles. The monoisotopic (exact) mass is 450 g/mol. The van der Waals surface area contributed by atoms with Crippen LogP contribution in [0.1, 0.15) is 44.7 Å². The van der Waals surface area contributed by atoms with Crippen LogP contribution in [0.2, 0.25) is 0 Å². The first-order valence-electron chi connectivity index (χ1n) is 11.5. The van der Waals surface area contributed by atoms with Crippen molar-refractivity contribution in [2.75, 3.05) is 5.32 Å². The van der Waals surface area contributed by atoms with Crippen molar-refractivity contribution in [3.8, 4) is 11.3 Å². The SMILES string of the molecule is Cc1ccc(-c2nn(Cc3ccccc3)cc2C(=O)Nc2cccc(C(=O)NC3CC3)c2)cc1. The number of benzene rings is 3. The van der Waals surface area contributed by atoms with Gasteiger partial charge in [-0.25, -0.2) is 0 Å². The van der Waals surface area contributed by atoms with Crippen molar-refractivity contribution < 1.29 is 9.59 Å². The molecule has 0 unspecified atom stereocenters. The van der Waals surface area contributed by atoms with Crippen LogP contribution in [-0.2, 0) is 6.54 Å². The number of nitrogens with one attached hydrogen (secondary N) is 2. The number of nitrogens with zero attached hydrogens (tertiary/aromatic N) is 2. The van der Waals surface area contributed by atoms with Gasteiger partial charge in [0.15, 0.2) is 0 Å². The number of carbonyl (C=O) groups excluding carboxylic acids is 2. The molecule has 170 valence electrons. The molecule has 1 aliphatic carbocycles. The summed E-state index contributed by atoms with van der Waals surface area (Å²) < 4.78 is 1.79. The third kappa shape index (κ3) is 5.07. The smallest absolute Gasteiger partial charge is 0.259 e. The van der Waals surface area contributed by atoms with Gasteiger partial charge in [-0.15, -0.1) is 0 Å². The highest BCUT2D eigenvalue weighted by atomic mass is 16.2. The first kappa shape index (κ1) is 21.6. The Labute approximate surface area is 198 Å². The lowest BCUT2D eigenvalue weighted by molar-refractivity contribution is 0.0949. The molecule has 6 nitrogen and oxygen atoms in total. The third-order valence-electron chi connectivity index (χ3n) is 5.81. The van der Waals surface area contributed by atoms with Crippen LogP contribution in [0, 0.1) is 6.92 Å². The number of amides is 2. The van der Waals surface area contributed by atoms with Crippen LogP contribution in [-0.4, -0.2) is 27.6 Å². The molecule has 0 spiro atoms. The van der Waals surface area contributed by atoms with Crippen molar-refractivity contribution >= 4 is 17.5 Å². The summed E-state index contributed by atoms with van der Waals surface area (Å²) in [5.41, 5.74) is 5.31. The maximum Gasteiger partial charge on any atom is 0.259 e. The van der Waals surface area contributed by atoms with E-state index in [0.717, 1.165) is 29.5 Å². The second-order valence-electron chi connectivity index (χ2n) is 8.72. The summed E-state index contributed by atoms with van der Waals surface area (Å²) in [6, 6.07) is 25.3. The average molecular weight is 451 g/mol. The van der Waals surface area contributed by atoms with E-state index in [1.807, 2.05) is 61.5 Å². The molecule has 1 heterocycles. The molecule has 0 saturated heterocycles. The van der Waals surface area contributed by atoms with E-state index in [-0.39, 0.29) is 17.9 Å². The number of rotatable bonds is 7. The largest absolute Gasteiger partial charge is 0.349 e. The van der Waals surface area contributed by atoms with E-state index in [2.05, 4.69) is 10.6 Å². The number of hydrogen-bond donors (Lipinski definition) is 2. The maximum atomic E-state index is 13.3. The minimum absolute atomic E-state index is 0.116. The Bertz CT molecular complexity index is 1320. The summed E-state index contributed by atoms with van der Waals surface area (Å²) in [6.45, 7) is 2.58. The van der Waals surface area contributed by atoms with Gasteiger partial charge in [-0.1, -0.05) is 66.2 Å². The van der Waals surface area contributed by atoms with E-state index in [4.69, 9.17) is 5.10 Å². The lowest BCUT2D eigenvalue weighted by Crippen LogP contribution is -2.25. The molecule has 1 fully saturated rings. The van der Waals surface area contributed by atoms with Gasteiger partial charge < -0.3 is 10.6 Å². The van der Waals surface area contributed by atoms with Crippen LogP contribution in [0.5, 0.6) is 0 Å². The number of aryl methyl sites for hydroxylation is 1. The number of carbonyl (C=O) groups is 2. The molecule has 0 atom stereocenters. The Balaban J connectivity index is 1.42. The Morgan fingerprint density at radius 3 is 2.44 bits per heavy atom. The van der Waals surface area contributed by atoms with E-state index in [1.165, 1.54) is 0 Å². The molecule has 1 saturated carbocycles. The number of anilines is 1. The second-order valence-corrected chi connectivity index (χ2v) is 8.72. The van der Waals surface area contributed by atoms with Crippen molar-refractivity contribution in [1.82, 2.24) is 15.1 Å². The van der Waals surface area contributed by atoms with Gasteiger partial charge in [0, 0.05) is 29.1 Å². The second kappa shape index (κ2) is 9.35. The quantitative estimate of drug-likeness (QED) is 0.414. The van der Waals surface area contributed by atoms with E-state index in [1.54, 1.807) is 35.1 Å². The van der Waals surface area contributed by atoms with Gasteiger partial charge in [0.2, 0.25) is 0 Å². The fourth-order valence-electron chi connectivity index (χ4n) is 3.80. The van der Waals surface area contributed by atoms with E-state index in [0.29, 0.717) is 29.1 Å². The maximum absolute atomic E-state index is 13.3. The van der Waals surface area contributed by atoms with E-state index in [9.17, 15) is 9.59 Å². The molecule has 34 heavy (non-hydrogen) atoms. The topological polar surface area (TPSA) is 76.0 Å². The molecule has 0 bridgehead atoms. The summed E-state index contributed by atoms with van der Waals surface area (Å²) >= 11 is 0.